The van der Waals surface area contributed by atoms with Crippen molar-refractivity contribution in [3.63, 3.8) is 0 Å². The summed E-state index contributed by atoms with van der Waals surface area (Å²) in [5, 5.41) is 12.1. The number of hydrogen-bond acceptors (Lipinski definition) is 6. The van der Waals surface area contributed by atoms with Crippen LogP contribution >= 0.6 is 22.9 Å². The van der Waals surface area contributed by atoms with Crippen molar-refractivity contribution in [1.29, 1.82) is 0 Å². The molecular weight excluding hydrogens is 463 g/mol. The lowest BCUT2D eigenvalue weighted by atomic mass is 10.0. The Kier molecular flexibility index (Phi) is 6.33. The summed E-state index contributed by atoms with van der Waals surface area (Å²) in [6, 6.07) is 12.0. The van der Waals surface area contributed by atoms with E-state index < -0.39 is 21.7 Å². The second-order valence-corrected chi connectivity index (χ2v) is 10.4. The van der Waals surface area contributed by atoms with Crippen LogP contribution in [0, 0.1) is 5.82 Å². The van der Waals surface area contributed by atoms with Crippen LogP contribution in [0.1, 0.15) is 33.6 Å². The zero-order valence-corrected chi connectivity index (χ0v) is 18.6. The molecule has 0 bridgehead atoms. The third kappa shape index (κ3) is 4.77. The molecule has 1 saturated heterocycles. The Morgan fingerprint density at radius 1 is 1.16 bits per heavy atom. The Bertz CT molecular complexity index is 1200. The van der Waals surface area contributed by atoms with Gasteiger partial charge < -0.3 is 5.32 Å². The summed E-state index contributed by atoms with van der Waals surface area (Å²) in [6.45, 7) is 0.458. The molecule has 4 rings (SSSR count). The van der Waals surface area contributed by atoms with E-state index >= 15 is 0 Å². The highest BCUT2D eigenvalue weighted by molar-refractivity contribution is 7.89. The number of carbonyl (C=O) groups is 1. The van der Waals surface area contributed by atoms with Crippen molar-refractivity contribution in [1.82, 2.24) is 14.5 Å². The first-order chi connectivity index (χ1) is 14.8. The second-order valence-electron chi connectivity index (χ2n) is 7.04. The molecule has 0 aliphatic carbocycles. The molecule has 2 heterocycles. The van der Waals surface area contributed by atoms with Gasteiger partial charge in [0.1, 0.15) is 15.7 Å². The van der Waals surface area contributed by atoms with Gasteiger partial charge in [-0.2, -0.15) is 4.31 Å². The first-order valence-corrected chi connectivity index (χ1v) is 12.1. The Balaban J connectivity index is 1.48. The maximum absolute atomic E-state index is 14.1. The molecule has 1 N–H and O–H groups in total. The van der Waals surface area contributed by atoms with E-state index in [9.17, 15) is 17.6 Å². The molecule has 31 heavy (non-hydrogen) atoms. The number of piperidine rings is 1. The van der Waals surface area contributed by atoms with Gasteiger partial charge in [0.2, 0.25) is 15.0 Å². The van der Waals surface area contributed by atoms with Gasteiger partial charge in [-0.1, -0.05) is 35.1 Å². The van der Waals surface area contributed by atoms with Crippen LogP contribution in [0.25, 0.3) is 0 Å². The fourth-order valence-corrected chi connectivity index (χ4v) is 5.94. The number of amides is 1. The number of hydrogen-bond donors (Lipinski definition) is 1. The van der Waals surface area contributed by atoms with Crippen LogP contribution in [0.2, 0.25) is 5.02 Å². The van der Waals surface area contributed by atoms with Crippen LogP contribution in [0.3, 0.4) is 0 Å². The van der Waals surface area contributed by atoms with E-state index in [0.717, 1.165) is 17.4 Å². The number of benzene rings is 2. The lowest BCUT2D eigenvalue weighted by Gasteiger charge is -2.30. The van der Waals surface area contributed by atoms with Crippen LogP contribution in [0.4, 0.5) is 10.1 Å². The topological polar surface area (TPSA) is 92.3 Å². The highest BCUT2D eigenvalue weighted by Crippen LogP contribution is 2.32. The Morgan fingerprint density at radius 2 is 1.90 bits per heavy atom. The molecule has 1 aliphatic heterocycles. The second kappa shape index (κ2) is 8.99. The zero-order valence-electron chi connectivity index (χ0n) is 16.2. The van der Waals surface area contributed by atoms with Crippen LogP contribution < -0.4 is 5.32 Å². The van der Waals surface area contributed by atoms with Crippen LogP contribution in [0.15, 0.2) is 53.4 Å². The summed E-state index contributed by atoms with van der Waals surface area (Å²) in [5.41, 5.74) is 0.575. The van der Waals surface area contributed by atoms with Gasteiger partial charge in [0.25, 0.3) is 5.91 Å². The summed E-state index contributed by atoms with van der Waals surface area (Å²) >= 11 is 6.97. The minimum atomic E-state index is -3.96. The molecule has 1 fully saturated rings. The van der Waals surface area contributed by atoms with Gasteiger partial charge >= 0.3 is 0 Å². The molecule has 7 nitrogen and oxygen atoms in total. The van der Waals surface area contributed by atoms with E-state index in [0.29, 0.717) is 35.1 Å². The lowest BCUT2D eigenvalue weighted by Crippen LogP contribution is -2.39. The molecule has 0 unspecified atom stereocenters. The molecule has 162 valence electrons. The van der Waals surface area contributed by atoms with Gasteiger partial charge in [-0.25, -0.2) is 12.8 Å². The van der Waals surface area contributed by atoms with E-state index in [-0.39, 0.29) is 22.4 Å². The van der Waals surface area contributed by atoms with Crippen LogP contribution in [-0.4, -0.2) is 41.9 Å². The summed E-state index contributed by atoms with van der Waals surface area (Å²) in [7, 11) is -3.96. The van der Waals surface area contributed by atoms with Crippen molar-refractivity contribution in [2.45, 2.75) is 23.7 Å². The SMILES string of the molecule is O=C(Nc1ccc(Cl)cc1)c1nnc([C@@H]2CCCN(S(=O)(=O)c3ccccc3F)C2)s1. The normalized spacial score (nSPS) is 17.4. The number of halogens is 2. The minimum Gasteiger partial charge on any atom is -0.320 e. The van der Waals surface area contributed by atoms with E-state index in [2.05, 4.69) is 15.5 Å². The first kappa shape index (κ1) is 21.8. The Morgan fingerprint density at radius 3 is 2.65 bits per heavy atom. The molecular formula is C20H18ClFN4O3S2. The van der Waals surface area contributed by atoms with E-state index in [4.69, 9.17) is 11.6 Å². The van der Waals surface area contributed by atoms with Crippen LogP contribution in [-0.2, 0) is 10.0 Å². The standard InChI is InChI=1S/C20H18ClFN4O3S2/c21-14-7-9-15(10-8-14)23-18(27)20-25-24-19(30-20)13-4-3-11-26(12-13)31(28,29)17-6-2-1-5-16(17)22/h1-2,5-10,13H,3-4,11-12H2,(H,23,27)/t13-/m1/s1. The number of nitrogens with one attached hydrogen (secondary N) is 1. The fraction of sp³-hybridized carbons (Fsp3) is 0.250. The van der Waals surface area contributed by atoms with Gasteiger partial charge in [0.05, 0.1) is 0 Å². The van der Waals surface area contributed by atoms with Crippen molar-refractivity contribution in [3.8, 4) is 0 Å². The van der Waals surface area contributed by atoms with Gasteiger partial charge in [-0.05, 0) is 49.2 Å². The highest BCUT2D eigenvalue weighted by Gasteiger charge is 2.34. The average molecular weight is 481 g/mol. The van der Waals surface area contributed by atoms with Crippen molar-refractivity contribution in [2.24, 2.45) is 0 Å². The number of sulfonamides is 1. The molecule has 11 heteroatoms. The number of rotatable bonds is 5. The highest BCUT2D eigenvalue weighted by atomic mass is 35.5. The molecule has 1 atom stereocenters. The van der Waals surface area contributed by atoms with E-state index in [1.807, 2.05) is 0 Å². The predicted molar refractivity (Wildman–Crippen MR) is 116 cm³/mol. The van der Waals surface area contributed by atoms with Gasteiger partial charge in [0, 0.05) is 29.7 Å². The van der Waals surface area contributed by atoms with E-state index in [1.165, 1.54) is 22.5 Å². The quantitative estimate of drug-likeness (QED) is 0.592. The van der Waals surface area contributed by atoms with Crippen molar-refractivity contribution in [3.05, 3.63) is 69.4 Å². The smallest absolute Gasteiger partial charge is 0.286 e. The molecule has 1 amide bonds. The van der Waals surface area contributed by atoms with Gasteiger partial charge in [-0.3, -0.25) is 4.79 Å². The first-order valence-electron chi connectivity index (χ1n) is 9.49. The molecule has 1 aromatic heterocycles. The van der Waals surface area contributed by atoms with E-state index in [1.54, 1.807) is 24.3 Å². The third-order valence-corrected chi connectivity index (χ3v) is 8.16. The lowest BCUT2D eigenvalue weighted by molar-refractivity contribution is 0.102. The molecule has 0 spiro atoms. The molecule has 1 aliphatic rings. The number of carbonyl (C=O) groups excluding carboxylic acids is 1. The number of aromatic nitrogens is 2. The predicted octanol–water partition coefficient (Wildman–Crippen LogP) is 4.15. The maximum Gasteiger partial charge on any atom is 0.286 e. The number of anilines is 1. The third-order valence-electron chi connectivity index (χ3n) is 4.92. The largest absolute Gasteiger partial charge is 0.320 e. The summed E-state index contributed by atoms with van der Waals surface area (Å²) in [6.07, 6.45) is 1.31. The molecule has 2 aromatic carbocycles. The summed E-state index contributed by atoms with van der Waals surface area (Å²) in [5.74, 6) is -1.40. The van der Waals surface area contributed by atoms with Gasteiger partial charge in [-0.15, -0.1) is 10.2 Å². The molecule has 0 radical (unpaired) electrons. The van der Waals surface area contributed by atoms with Crippen molar-refractivity contribution in [2.75, 3.05) is 18.4 Å². The van der Waals surface area contributed by atoms with Crippen LogP contribution in [0.5, 0.6) is 0 Å². The minimum absolute atomic E-state index is 0.157. The van der Waals surface area contributed by atoms with Gasteiger partial charge in [0.15, 0.2) is 0 Å². The zero-order chi connectivity index (χ0) is 22.0. The van der Waals surface area contributed by atoms with Crippen molar-refractivity contribution >= 4 is 44.6 Å². The average Bonchev–Trinajstić information content (AvgIpc) is 3.26. The van der Waals surface area contributed by atoms with Crippen molar-refractivity contribution < 1.29 is 17.6 Å². The Hall–Kier alpha value is -2.40. The molecule has 0 saturated carbocycles. The summed E-state index contributed by atoms with van der Waals surface area (Å²) < 4.78 is 41.2. The summed E-state index contributed by atoms with van der Waals surface area (Å²) in [4.78, 5) is 12.1. The fourth-order valence-electron chi connectivity index (χ4n) is 3.36. The molecule has 3 aromatic rings. The maximum atomic E-state index is 14.1. The number of nitrogens with zero attached hydrogens (tertiary/aromatic N) is 3. The Labute approximate surface area is 187 Å². The monoisotopic (exact) mass is 480 g/mol.